The van der Waals surface area contributed by atoms with Gasteiger partial charge in [0.05, 0.1) is 0 Å². The third-order valence-electron chi connectivity index (χ3n) is 1.90. The van der Waals surface area contributed by atoms with Crippen LogP contribution in [0.3, 0.4) is 0 Å². The average molecular weight is 201 g/mol. The first-order valence-electron chi connectivity index (χ1n) is 4.84. The summed E-state index contributed by atoms with van der Waals surface area (Å²) in [5.74, 6) is 5.38. The SMILES string of the molecule is CC(C)(C)OC(=O)C1CN(N)CCN1. The van der Waals surface area contributed by atoms with E-state index in [0.717, 1.165) is 13.1 Å². The normalized spacial score (nSPS) is 24.7. The molecular weight excluding hydrogens is 182 g/mol. The smallest absolute Gasteiger partial charge is 0.325 e. The molecule has 0 aromatic carbocycles. The van der Waals surface area contributed by atoms with Crippen molar-refractivity contribution < 1.29 is 9.53 Å². The largest absolute Gasteiger partial charge is 0.459 e. The summed E-state index contributed by atoms with van der Waals surface area (Å²) in [6, 6.07) is -0.298. The Balaban J connectivity index is 2.44. The number of hydrogen-bond donors (Lipinski definition) is 2. The van der Waals surface area contributed by atoms with Crippen LogP contribution in [0.1, 0.15) is 20.8 Å². The standard InChI is InChI=1S/C9H19N3O2/c1-9(2,3)14-8(13)7-6-12(10)5-4-11-7/h7,11H,4-6,10H2,1-3H3. The van der Waals surface area contributed by atoms with Crippen molar-refractivity contribution in [1.29, 1.82) is 0 Å². The molecule has 5 nitrogen and oxygen atoms in total. The number of nitrogens with one attached hydrogen (secondary N) is 1. The molecule has 0 saturated carbocycles. The minimum absolute atomic E-state index is 0.229. The number of hydrazine groups is 1. The molecule has 0 amide bonds. The minimum atomic E-state index is -0.435. The second kappa shape index (κ2) is 4.25. The van der Waals surface area contributed by atoms with Gasteiger partial charge in [0.15, 0.2) is 0 Å². The van der Waals surface area contributed by atoms with Gasteiger partial charge in [0.25, 0.3) is 0 Å². The van der Waals surface area contributed by atoms with Gasteiger partial charge in [-0.05, 0) is 20.8 Å². The third kappa shape index (κ3) is 3.61. The van der Waals surface area contributed by atoms with Crippen LogP contribution in [0.2, 0.25) is 0 Å². The van der Waals surface area contributed by atoms with Crippen LogP contribution in [0.4, 0.5) is 0 Å². The van der Waals surface area contributed by atoms with E-state index in [0.29, 0.717) is 6.54 Å². The highest BCUT2D eigenvalue weighted by Gasteiger charge is 2.28. The second-order valence-electron chi connectivity index (χ2n) is 4.54. The van der Waals surface area contributed by atoms with Gasteiger partial charge in [0, 0.05) is 19.6 Å². The summed E-state index contributed by atoms with van der Waals surface area (Å²) in [6.45, 7) is 7.56. The number of rotatable bonds is 1. The molecule has 1 heterocycles. The Morgan fingerprint density at radius 3 is 2.71 bits per heavy atom. The molecule has 3 N–H and O–H groups in total. The van der Waals surface area contributed by atoms with Gasteiger partial charge in [-0.25, -0.2) is 5.01 Å². The van der Waals surface area contributed by atoms with E-state index in [-0.39, 0.29) is 12.0 Å². The molecule has 1 unspecified atom stereocenters. The molecule has 1 saturated heterocycles. The number of nitrogens with zero attached hydrogens (tertiary/aromatic N) is 1. The van der Waals surface area contributed by atoms with Gasteiger partial charge in [0.2, 0.25) is 0 Å². The lowest BCUT2D eigenvalue weighted by Gasteiger charge is -2.31. The third-order valence-corrected chi connectivity index (χ3v) is 1.90. The number of hydrogen-bond acceptors (Lipinski definition) is 5. The van der Waals surface area contributed by atoms with Crippen LogP contribution < -0.4 is 11.2 Å². The van der Waals surface area contributed by atoms with Crippen molar-refractivity contribution in [3.05, 3.63) is 0 Å². The number of nitrogens with two attached hydrogens (primary N) is 1. The maximum atomic E-state index is 11.6. The monoisotopic (exact) mass is 201 g/mol. The van der Waals surface area contributed by atoms with Gasteiger partial charge in [-0.1, -0.05) is 0 Å². The molecule has 1 fully saturated rings. The fourth-order valence-corrected chi connectivity index (χ4v) is 1.30. The number of piperazine rings is 1. The van der Waals surface area contributed by atoms with Crippen LogP contribution >= 0.6 is 0 Å². The molecule has 5 heteroatoms. The van der Waals surface area contributed by atoms with Gasteiger partial charge in [0.1, 0.15) is 11.6 Å². The van der Waals surface area contributed by atoms with Gasteiger partial charge in [-0.15, -0.1) is 0 Å². The van der Waals surface area contributed by atoms with Crippen molar-refractivity contribution in [2.45, 2.75) is 32.4 Å². The van der Waals surface area contributed by atoms with Crippen LogP contribution in [-0.4, -0.2) is 42.3 Å². The first-order valence-corrected chi connectivity index (χ1v) is 4.84. The quantitative estimate of drug-likeness (QED) is 0.441. The summed E-state index contributed by atoms with van der Waals surface area (Å²) in [7, 11) is 0. The average Bonchev–Trinajstić information content (AvgIpc) is 2.01. The summed E-state index contributed by atoms with van der Waals surface area (Å²) in [5.41, 5.74) is -0.435. The maximum absolute atomic E-state index is 11.6. The first kappa shape index (κ1) is 11.4. The number of esters is 1. The van der Waals surface area contributed by atoms with Crippen molar-refractivity contribution in [3.63, 3.8) is 0 Å². The van der Waals surface area contributed by atoms with Gasteiger partial charge >= 0.3 is 5.97 Å². The van der Waals surface area contributed by atoms with Crippen LogP contribution in [-0.2, 0) is 9.53 Å². The van der Waals surface area contributed by atoms with Gasteiger partial charge in [-0.2, -0.15) is 0 Å². The highest BCUT2D eigenvalue weighted by molar-refractivity contribution is 5.76. The van der Waals surface area contributed by atoms with Crippen molar-refractivity contribution >= 4 is 5.97 Å². The highest BCUT2D eigenvalue weighted by atomic mass is 16.6. The Kier molecular flexibility index (Phi) is 3.47. The predicted molar refractivity (Wildman–Crippen MR) is 53.4 cm³/mol. The molecule has 1 aliphatic heterocycles. The van der Waals surface area contributed by atoms with Gasteiger partial charge < -0.3 is 10.1 Å². The minimum Gasteiger partial charge on any atom is -0.459 e. The lowest BCUT2D eigenvalue weighted by Crippen LogP contribution is -2.57. The second-order valence-corrected chi connectivity index (χ2v) is 4.54. The lowest BCUT2D eigenvalue weighted by atomic mass is 10.1. The zero-order valence-corrected chi connectivity index (χ0v) is 9.04. The van der Waals surface area contributed by atoms with E-state index in [2.05, 4.69) is 5.32 Å². The van der Waals surface area contributed by atoms with Crippen molar-refractivity contribution in [3.8, 4) is 0 Å². The highest BCUT2D eigenvalue weighted by Crippen LogP contribution is 2.09. The zero-order chi connectivity index (χ0) is 10.8. The molecule has 82 valence electrons. The van der Waals surface area contributed by atoms with Crippen LogP contribution in [0.5, 0.6) is 0 Å². The Labute approximate surface area is 84.5 Å². The summed E-state index contributed by atoms with van der Waals surface area (Å²) >= 11 is 0. The van der Waals surface area contributed by atoms with Crippen molar-refractivity contribution in [1.82, 2.24) is 10.3 Å². The van der Waals surface area contributed by atoms with Crippen molar-refractivity contribution in [2.75, 3.05) is 19.6 Å². The van der Waals surface area contributed by atoms with E-state index >= 15 is 0 Å². The molecule has 0 radical (unpaired) electrons. The Hall–Kier alpha value is -0.650. The Bertz CT molecular complexity index is 213. The Morgan fingerprint density at radius 2 is 2.21 bits per heavy atom. The van der Waals surface area contributed by atoms with E-state index in [1.807, 2.05) is 20.8 Å². The van der Waals surface area contributed by atoms with Crippen LogP contribution in [0.15, 0.2) is 0 Å². The lowest BCUT2D eigenvalue weighted by molar-refractivity contribution is -0.158. The molecule has 14 heavy (non-hydrogen) atoms. The van der Waals surface area contributed by atoms with E-state index in [9.17, 15) is 4.79 Å². The zero-order valence-electron chi connectivity index (χ0n) is 9.04. The molecule has 0 aliphatic carbocycles. The summed E-state index contributed by atoms with van der Waals surface area (Å²) in [5, 5.41) is 4.71. The molecule has 0 bridgehead atoms. The van der Waals surface area contributed by atoms with Crippen LogP contribution in [0, 0.1) is 0 Å². The number of carbonyl (C=O) groups excluding carboxylic acids is 1. The maximum Gasteiger partial charge on any atom is 0.325 e. The molecule has 1 rings (SSSR count). The predicted octanol–water partition coefficient (Wildman–Crippen LogP) is -0.524. The summed E-state index contributed by atoms with van der Waals surface area (Å²) in [4.78, 5) is 11.6. The summed E-state index contributed by atoms with van der Waals surface area (Å²) < 4.78 is 5.24. The molecule has 1 atom stereocenters. The number of carbonyl (C=O) groups is 1. The fourth-order valence-electron chi connectivity index (χ4n) is 1.30. The molecule has 0 aromatic rings. The fraction of sp³-hybridized carbons (Fsp3) is 0.889. The van der Waals surface area contributed by atoms with E-state index < -0.39 is 5.60 Å². The molecule has 0 aromatic heterocycles. The number of ether oxygens (including phenoxy) is 1. The molecule has 0 spiro atoms. The molecular formula is C9H19N3O2. The first-order chi connectivity index (χ1) is 6.38. The summed E-state index contributed by atoms with van der Waals surface area (Å²) in [6.07, 6.45) is 0. The van der Waals surface area contributed by atoms with E-state index in [4.69, 9.17) is 10.6 Å². The van der Waals surface area contributed by atoms with Crippen molar-refractivity contribution in [2.24, 2.45) is 5.84 Å². The van der Waals surface area contributed by atoms with E-state index in [1.54, 1.807) is 5.01 Å². The topological polar surface area (TPSA) is 67.6 Å². The van der Waals surface area contributed by atoms with Crippen LogP contribution in [0.25, 0.3) is 0 Å². The van der Waals surface area contributed by atoms with E-state index in [1.165, 1.54) is 0 Å². The van der Waals surface area contributed by atoms with Gasteiger partial charge in [-0.3, -0.25) is 10.6 Å². The molecule has 1 aliphatic rings. The Morgan fingerprint density at radius 1 is 1.57 bits per heavy atom.